The third-order valence-electron chi connectivity index (χ3n) is 6.00. The first-order chi connectivity index (χ1) is 14.4. The van der Waals surface area contributed by atoms with Gasteiger partial charge in [-0.25, -0.2) is 4.79 Å². The van der Waals surface area contributed by atoms with Gasteiger partial charge in [-0.2, -0.15) is 0 Å². The zero-order valence-electron chi connectivity index (χ0n) is 18.2. The summed E-state index contributed by atoms with van der Waals surface area (Å²) in [5.41, 5.74) is 3.08. The molecule has 0 saturated heterocycles. The van der Waals surface area contributed by atoms with E-state index < -0.39 is 11.9 Å². The fraction of sp³-hybridized carbons (Fsp3) is 0.462. The molecule has 3 atom stereocenters. The normalized spacial score (nSPS) is 21.3. The molecule has 0 heterocycles. The summed E-state index contributed by atoms with van der Waals surface area (Å²) in [6, 6.07) is 17.9. The number of esters is 2. The molecule has 160 valence electrons. The summed E-state index contributed by atoms with van der Waals surface area (Å²) in [4.78, 5) is 24.4. The number of carbonyl (C=O) groups is 2. The first-order valence-corrected chi connectivity index (χ1v) is 10.9. The minimum absolute atomic E-state index is 0.0783. The van der Waals surface area contributed by atoms with Gasteiger partial charge in [0.05, 0.1) is 6.42 Å². The SMILES string of the molecule is CC(C)[C@H]1CC[C@@H](C)C[C@@H]1OC(=O)COC(=O)Cc1ccc(-c2ccccc2)cc1. The van der Waals surface area contributed by atoms with Crippen molar-refractivity contribution in [3.63, 3.8) is 0 Å². The topological polar surface area (TPSA) is 52.6 Å². The van der Waals surface area contributed by atoms with Gasteiger partial charge in [0.15, 0.2) is 6.61 Å². The molecule has 4 nitrogen and oxygen atoms in total. The number of rotatable bonds is 7. The van der Waals surface area contributed by atoms with E-state index in [1.807, 2.05) is 54.6 Å². The van der Waals surface area contributed by atoms with E-state index in [0.29, 0.717) is 17.8 Å². The Labute approximate surface area is 179 Å². The van der Waals surface area contributed by atoms with Crippen LogP contribution in [0.3, 0.4) is 0 Å². The van der Waals surface area contributed by atoms with Crippen molar-refractivity contribution in [2.24, 2.45) is 17.8 Å². The fourth-order valence-electron chi connectivity index (χ4n) is 4.26. The van der Waals surface area contributed by atoms with E-state index in [2.05, 4.69) is 20.8 Å². The molecule has 1 aliphatic carbocycles. The molecular weight excluding hydrogens is 376 g/mol. The zero-order valence-corrected chi connectivity index (χ0v) is 18.2. The fourth-order valence-corrected chi connectivity index (χ4v) is 4.26. The molecule has 0 N–H and O–H groups in total. The van der Waals surface area contributed by atoms with E-state index in [9.17, 15) is 9.59 Å². The highest BCUT2D eigenvalue weighted by Crippen LogP contribution is 2.35. The Morgan fingerprint density at radius 3 is 2.27 bits per heavy atom. The summed E-state index contributed by atoms with van der Waals surface area (Å²) in [6.07, 6.45) is 3.20. The molecule has 0 spiro atoms. The zero-order chi connectivity index (χ0) is 21.5. The number of benzene rings is 2. The van der Waals surface area contributed by atoms with Crippen molar-refractivity contribution in [3.8, 4) is 11.1 Å². The third-order valence-corrected chi connectivity index (χ3v) is 6.00. The Kier molecular flexibility index (Phi) is 7.67. The molecule has 0 unspecified atom stereocenters. The lowest BCUT2D eigenvalue weighted by atomic mass is 9.75. The molecule has 1 aliphatic rings. The molecule has 0 aromatic heterocycles. The first kappa shape index (κ1) is 22.1. The van der Waals surface area contributed by atoms with Gasteiger partial charge in [-0.05, 0) is 47.3 Å². The number of hydrogen-bond donors (Lipinski definition) is 0. The average molecular weight is 409 g/mol. The van der Waals surface area contributed by atoms with Crippen molar-refractivity contribution >= 4 is 11.9 Å². The van der Waals surface area contributed by atoms with Gasteiger partial charge in [0, 0.05) is 0 Å². The molecule has 2 aromatic carbocycles. The summed E-state index contributed by atoms with van der Waals surface area (Å²) in [7, 11) is 0. The lowest BCUT2D eigenvalue weighted by Gasteiger charge is -2.36. The molecule has 4 heteroatoms. The molecule has 0 amide bonds. The van der Waals surface area contributed by atoms with E-state index in [1.54, 1.807) is 0 Å². The molecule has 2 aromatic rings. The summed E-state index contributed by atoms with van der Waals surface area (Å²) >= 11 is 0. The minimum Gasteiger partial charge on any atom is -0.460 e. The van der Waals surface area contributed by atoms with Crippen molar-refractivity contribution in [2.75, 3.05) is 6.61 Å². The van der Waals surface area contributed by atoms with Crippen LogP contribution in [0.15, 0.2) is 54.6 Å². The van der Waals surface area contributed by atoms with Crippen molar-refractivity contribution in [1.29, 1.82) is 0 Å². The Balaban J connectivity index is 1.46. The predicted molar refractivity (Wildman–Crippen MR) is 118 cm³/mol. The summed E-state index contributed by atoms with van der Waals surface area (Å²) in [5, 5.41) is 0. The van der Waals surface area contributed by atoms with Gasteiger partial charge in [-0.3, -0.25) is 4.79 Å². The van der Waals surface area contributed by atoms with Crippen LogP contribution in [0.5, 0.6) is 0 Å². The van der Waals surface area contributed by atoms with Crippen molar-refractivity contribution in [2.45, 2.75) is 52.6 Å². The quantitative estimate of drug-likeness (QED) is 0.572. The number of hydrogen-bond acceptors (Lipinski definition) is 4. The Bertz CT molecular complexity index is 826. The summed E-state index contributed by atoms with van der Waals surface area (Å²) < 4.78 is 10.9. The molecule has 0 radical (unpaired) electrons. The van der Waals surface area contributed by atoms with Crippen LogP contribution in [-0.4, -0.2) is 24.6 Å². The number of ether oxygens (including phenoxy) is 2. The Morgan fingerprint density at radius 1 is 0.933 bits per heavy atom. The van der Waals surface area contributed by atoms with Crippen LogP contribution in [0.4, 0.5) is 0 Å². The van der Waals surface area contributed by atoms with Crippen LogP contribution in [0.2, 0.25) is 0 Å². The van der Waals surface area contributed by atoms with Gasteiger partial charge in [0.1, 0.15) is 6.10 Å². The van der Waals surface area contributed by atoms with Gasteiger partial charge in [0.2, 0.25) is 0 Å². The van der Waals surface area contributed by atoms with Crippen LogP contribution in [-0.2, 0) is 25.5 Å². The first-order valence-electron chi connectivity index (χ1n) is 10.9. The predicted octanol–water partition coefficient (Wildman–Crippen LogP) is 5.44. The van der Waals surface area contributed by atoms with Gasteiger partial charge in [0.25, 0.3) is 0 Å². The van der Waals surface area contributed by atoms with E-state index >= 15 is 0 Å². The van der Waals surface area contributed by atoms with E-state index in [1.165, 1.54) is 6.42 Å². The van der Waals surface area contributed by atoms with Crippen LogP contribution < -0.4 is 0 Å². The molecule has 30 heavy (non-hydrogen) atoms. The molecular formula is C26H32O4. The summed E-state index contributed by atoms with van der Waals surface area (Å²) in [5.74, 6) is 0.532. The lowest BCUT2D eigenvalue weighted by molar-refractivity contribution is -0.166. The van der Waals surface area contributed by atoms with Crippen molar-refractivity contribution < 1.29 is 19.1 Å². The maximum Gasteiger partial charge on any atom is 0.344 e. The standard InChI is InChI=1S/C26H32O4/c1-18(2)23-14-9-19(3)15-24(23)30-26(28)17-29-25(27)16-20-10-12-22(13-11-20)21-7-5-4-6-8-21/h4-8,10-13,18-19,23-24H,9,14-17H2,1-3H3/t19-,23-,24+/m1/s1. The van der Waals surface area contributed by atoms with Crippen molar-refractivity contribution in [3.05, 3.63) is 60.2 Å². The summed E-state index contributed by atoms with van der Waals surface area (Å²) in [6.45, 7) is 6.21. The molecule has 0 aliphatic heterocycles. The molecule has 1 fully saturated rings. The highest BCUT2D eigenvalue weighted by atomic mass is 16.6. The Morgan fingerprint density at radius 2 is 1.60 bits per heavy atom. The second-order valence-corrected chi connectivity index (χ2v) is 8.75. The monoisotopic (exact) mass is 408 g/mol. The number of carbonyl (C=O) groups excluding carboxylic acids is 2. The van der Waals surface area contributed by atoms with E-state index in [-0.39, 0.29) is 19.1 Å². The van der Waals surface area contributed by atoms with E-state index in [4.69, 9.17) is 9.47 Å². The average Bonchev–Trinajstić information content (AvgIpc) is 2.73. The Hall–Kier alpha value is -2.62. The van der Waals surface area contributed by atoms with Gasteiger partial charge in [-0.15, -0.1) is 0 Å². The van der Waals surface area contributed by atoms with Crippen LogP contribution in [0.1, 0.15) is 45.6 Å². The molecule has 1 saturated carbocycles. The van der Waals surface area contributed by atoms with Gasteiger partial charge in [-0.1, -0.05) is 81.8 Å². The van der Waals surface area contributed by atoms with Gasteiger partial charge < -0.3 is 9.47 Å². The highest BCUT2D eigenvalue weighted by Gasteiger charge is 2.33. The smallest absolute Gasteiger partial charge is 0.344 e. The van der Waals surface area contributed by atoms with Crippen LogP contribution in [0, 0.1) is 17.8 Å². The largest absolute Gasteiger partial charge is 0.460 e. The van der Waals surface area contributed by atoms with Crippen molar-refractivity contribution in [1.82, 2.24) is 0 Å². The second kappa shape index (κ2) is 10.4. The van der Waals surface area contributed by atoms with Crippen LogP contribution in [0.25, 0.3) is 11.1 Å². The third kappa shape index (κ3) is 6.19. The molecule has 3 rings (SSSR count). The van der Waals surface area contributed by atoms with Crippen LogP contribution >= 0.6 is 0 Å². The highest BCUT2D eigenvalue weighted by molar-refractivity contribution is 5.78. The maximum absolute atomic E-state index is 12.2. The van der Waals surface area contributed by atoms with E-state index in [0.717, 1.165) is 29.5 Å². The van der Waals surface area contributed by atoms with Gasteiger partial charge >= 0.3 is 11.9 Å². The second-order valence-electron chi connectivity index (χ2n) is 8.75. The lowest BCUT2D eigenvalue weighted by Crippen LogP contribution is -2.36. The maximum atomic E-state index is 12.2. The minimum atomic E-state index is -0.451. The molecule has 0 bridgehead atoms.